The number of benzene rings is 1. The summed E-state index contributed by atoms with van der Waals surface area (Å²) in [6, 6.07) is 6.91. The molecule has 0 heterocycles. The highest BCUT2D eigenvalue weighted by Crippen LogP contribution is 2.15. The number of ether oxygens (including phenoxy) is 1. The molecule has 0 atom stereocenters. The van der Waals surface area contributed by atoms with Gasteiger partial charge >= 0.3 is 5.97 Å². The van der Waals surface area contributed by atoms with Gasteiger partial charge in [-0.15, -0.1) is 5.10 Å². The van der Waals surface area contributed by atoms with Crippen LogP contribution in [0.3, 0.4) is 0 Å². The molecule has 1 aromatic carbocycles. The third-order valence-electron chi connectivity index (χ3n) is 1.54. The van der Waals surface area contributed by atoms with E-state index in [1.807, 2.05) is 0 Å². The van der Waals surface area contributed by atoms with Crippen LogP contribution in [0.2, 0.25) is 0 Å². The number of esters is 1. The van der Waals surface area contributed by atoms with Gasteiger partial charge in [0.05, 0.1) is 6.21 Å². The van der Waals surface area contributed by atoms with Gasteiger partial charge in [0.25, 0.3) is 0 Å². The summed E-state index contributed by atoms with van der Waals surface area (Å²) in [5.41, 5.74) is 10.8. The van der Waals surface area contributed by atoms with Crippen molar-refractivity contribution >= 4 is 18.1 Å². The Labute approximate surface area is 92.6 Å². The molecule has 4 N–H and O–H groups in total. The van der Waals surface area contributed by atoms with Gasteiger partial charge in [-0.3, -0.25) is 4.79 Å². The fourth-order valence-corrected chi connectivity index (χ4v) is 0.993. The normalized spacial score (nSPS) is 10.1. The lowest BCUT2D eigenvalue weighted by atomic mass is 10.2. The molecule has 6 nitrogen and oxygen atoms in total. The topological polar surface area (TPSA) is 103 Å². The van der Waals surface area contributed by atoms with E-state index in [0.29, 0.717) is 11.3 Å². The number of hydrogen-bond acceptors (Lipinski definition) is 4. The molecule has 16 heavy (non-hydrogen) atoms. The maximum Gasteiger partial charge on any atom is 0.308 e. The van der Waals surface area contributed by atoms with Crippen LogP contribution >= 0.6 is 0 Å². The van der Waals surface area contributed by atoms with E-state index in [0.717, 1.165) is 0 Å². The van der Waals surface area contributed by atoms with Crippen LogP contribution in [0.25, 0.3) is 0 Å². The molecule has 1 aromatic rings. The minimum atomic E-state index is -0.400. The van der Waals surface area contributed by atoms with E-state index in [2.05, 4.69) is 10.2 Å². The number of carbonyl (C=O) groups is 1. The zero-order valence-electron chi connectivity index (χ0n) is 8.75. The van der Waals surface area contributed by atoms with Gasteiger partial charge in [-0.25, -0.2) is 0 Å². The van der Waals surface area contributed by atoms with Crippen molar-refractivity contribution in [3.63, 3.8) is 0 Å². The molecule has 0 saturated heterocycles. The second kappa shape index (κ2) is 5.50. The Morgan fingerprint density at radius 2 is 2.06 bits per heavy atom. The van der Waals surface area contributed by atoms with Gasteiger partial charge in [-0.2, -0.15) is 5.10 Å². The summed E-state index contributed by atoms with van der Waals surface area (Å²) >= 11 is 0. The minimum Gasteiger partial charge on any atom is -0.426 e. The summed E-state index contributed by atoms with van der Waals surface area (Å²) in [7, 11) is 0. The maximum absolute atomic E-state index is 10.8. The van der Waals surface area contributed by atoms with Crippen molar-refractivity contribution in [3.8, 4) is 5.75 Å². The molecule has 0 saturated carbocycles. The van der Waals surface area contributed by atoms with E-state index in [9.17, 15) is 4.79 Å². The number of rotatable bonds is 3. The van der Waals surface area contributed by atoms with Crippen molar-refractivity contribution in [3.05, 3.63) is 29.8 Å². The van der Waals surface area contributed by atoms with Gasteiger partial charge in [-0.05, 0) is 12.1 Å². The van der Waals surface area contributed by atoms with Crippen molar-refractivity contribution in [1.82, 2.24) is 0 Å². The Kier molecular flexibility index (Phi) is 4.02. The Balaban J connectivity index is 2.90. The van der Waals surface area contributed by atoms with Crippen LogP contribution in [-0.2, 0) is 4.79 Å². The number of guanidine groups is 1. The predicted molar refractivity (Wildman–Crippen MR) is 61.2 cm³/mol. The number of hydrogen-bond donors (Lipinski definition) is 2. The number of nitrogens with two attached hydrogens (primary N) is 2. The van der Waals surface area contributed by atoms with Gasteiger partial charge in [0, 0.05) is 12.5 Å². The lowest BCUT2D eigenvalue weighted by Crippen LogP contribution is -2.21. The molecule has 84 valence electrons. The molecular weight excluding hydrogens is 208 g/mol. The lowest BCUT2D eigenvalue weighted by Gasteiger charge is -2.03. The monoisotopic (exact) mass is 220 g/mol. The van der Waals surface area contributed by atoms with Crippen molar-refractivity contribution in [2.75, 3.05) is 0 Å². The number of para-hydroxylation sites is 1. The Bertz CT molecular complexity index is 436. The summed E-state index contributed by atoms with van der Waals surface area (Å²) in [6.45, 7) is 1.32. The van der Waals surface area contributed by atoms with Crippen LogP contribution in [-0.4, -0.2) is 18.1 Å². The molecule has 1 rings (SSSR count). The third kappa shape index (κ3) is 3.79. The number of nitrogens with zero attached hydrogens (tertiary/aromatic N) is 2. The minimum absolute atomic E-state index is 0.138. The molecule has 6 heteroatoms. The van der Waals surface area contributed by atoms with Crippen LogP contribution < -0.4 is 16.2 Å². The van der Waals surface area contributed by atoms with E-state index in [4.69, 9.17) is 16.2 Å². The Morgan fingerprint density at radius 3 is 2.69 bits per heavy atom. The van der Waals surface area contributed by atoms with E-state index < -0.39 is 5.97 Å². The fraction of sp³-hybridized carbons (Fsp3) is 0.100. The first-order valence-electron chi connectivity index (χ1n) is 4.49. The summed E-state index contributed by atoms with van der Waals surface area (Å²) in [6.07, 6.45) is 1.40. The third-order valence-corrected chi connectivity index (χ3v) is 1.54. The first-order chi connectivity index (χ1) is 7.59. The zero-order chi connectivity index (χ0) is 12.0. The van der Waals surface area contributed by atoms with E-state index >= 15 is 0 Å². The molecule has 0 aromatic heterocycles. The highest BCUT2D eigenvalue weighted by atomic mass is 16.5. The van der Waals surface area contributed by atoms with E-state index in [1.165, 1.54) is 13.1 Å². The van der Waals surface area contributed by atoms with Gasteiger partial charge in [-0.1, -0.05) is 12.1 Å². The highest BCUT2D eigenvalue weighted by molar-refractivity contribution is 5.86. The molecular formula is C10H12N4O2. The van der Waals surface area contributed by atoms with Gasteiger partial charge in [0.15, 0.2) is 0 Å². The van der Waals surface area contributed by atoms with Crippen LogP contribution in [0.4, 0.5) is 0 Å². The highest BCUT2D eigenvalue weighted by Gasteiger charge is 2.02. The van der Waals surface area contributed by atoms with Crippen molar-refractivity contribution in [1.29, 1.82) is 0 Å². The summed E-state index contributed by atoms with van der Waals surface area (Å²) in [5, 5.41) is 7.07. The van der Waals surface area contributed by atoms with Crippen LogP contribution in [0.1, 0.15) is 12.5 Å². The number of carbonyl (C=O) groups excluding carboxylic acids is 1. The summed E-state index contributed by atoms with van der Waals surface area (Å²) < 4.78 is 4.96. The average molecular weight is 220 g/mol. The predicted octanol–water partition coefficient (Wildman–Crippen LogP) is 0.219. The van der Waals surface area contributed by atoms with Gasteiger partial charge < -0.3 is 16.2 Å². The van der Waals surface area contributed by atoms with Crippen LogP contribution in [0, 0.1) is 0 Å². The first-order valence-corrected chi connectivity index (χ1v) is 4.49. The second-order valence-electron chi connectivity index (χ2n) is 2.90. The van der Waals surface area contributed by atoms with Crippen LogP contribution in [0.15, 0.2) is 34.5 Å². The molecule has 0 unspecified atom stereocenters. The maximum atomic E-state index is 10.8. The second-order valence-corrected chi connectivity index (χ2v) is 2.90. The first kappa shape index (κ1) is 11.7. The lowest BCUT2D eigenvalue weighted by molar-refractivity contribution is -0.131. The molecule has 0 spiro atoms. The Hall–Kier alpha value is -2.37. The molecule has 0 amide bonds. The van der Waals surface area contributed by atoms with Gasteiger partial charge in [0.1, 0.15) is 5.75 Å². The van der Waals surface area contributed by atoms with Crippen molar-refractivity contribution in [2.24, 2.45) is 21.7 Å². The standard InChI is InChI=1S/C10H12N4O2/c1-7(15)16-9-5-3-2-4-8(9)6-13-14-10(11)12/h2-6H,1H3,(H4,11,12,14). The molecule has 0 aliphatic heterocycles. The molecule has 0 bridgehead atoms. The summed E-state index contributed by atoms with van der Waals surface area (Å²) in [5.74, 6) is -0.131. The van der Waals surface area contributed by atoms with Gasteiger partial charge in [0.2, 0.25) is 5.96 Å². The quantitative estimate of drug-likeness (QED) is 0.250. The summed E-state index contributed by atoms with van der Waals surface area (Å²) in [4.78, 5) is 10.8. The van der Waals surface area contributed by atoms with Crippen molar-refractivity contribution in [2.45, 2.75) is 6.92 Å². The van der Waals surface area contributed by atoms with E-state index in [-0.39, 0.29) is 5.96 Å². The molecule has 0 fully saturated rings. The fourth-order valence-electron chi connectivity index (χ4n) is 0.993. The zero-order valence-corrected chi connectivity index (χ0v) is 8.75. The van der Waals surface area contributed by atoms with Crippen molar-refractivity contribution < 1.29 is 9.53 Å². The Morgan fingerprint density at radius 1 is 1.38 bits per heavy atom. The van der Waals surface area contributed by atoms with E-state index in [1.54, 1.807) is 24.3 Å². The van der Waals surface area contributed by atoms with Crippen LogP contribution in [0.5, 0.6) is 5.75 Å². The largest absolute Gasteiger partial charge is 0.426 e. The molecule has 0 aliphatic rings. The smallest absolute Gasteiger partial charge is 0.308 e. The molecule has 0 radical (unpaired) electrons. The SMILES string of the molecule is CC(=O)Oc1ccccc1C=NN=C(N)N. The molecule has 0 aliphatic carbocycles. The average Bonchev–Trinajstić information content (AvgIpc) is 2.19.